The third-order valence-electron chi connectivity index (χ3n) is 7.31. The monoisotopic (exact) mass is 431 g/mol. The molecule has 3 aliphatic heterocycles. The van der Waals surface area contributed by atoms with Crippen molar-refractivity contribution in [2.45, 2.75) is 44.2 Å². The molecule has 0 bridgehead atoms. The minimum absolute atomic E-state index is 0.0368. The van der Waals surface area contributed by atoms with Gasteiger partial charge in [-0.05, 0) is 55.7 Å². The molecule has 2 aromatic rings. The van der Waals surface area contributed by atoms with Crippen LogP contribution in [0.3, 0.4) is 0 Å². The molecule has 3 fully saturated rings. The second-order valence-corrected chi connectivity index (χ2v) is 9.71. The first kappa shape index (κ1) is 20.3. The molecule has 1 aromatic carbocycles. The normalized spacial score (nSPS) is 25.8. The van der Waals surface area contributed by atoms with Gasteiger partial charge in [0.05, 0.1) is 6.10 Å². The van der Waals surface area contributed by atoms with Crippen molar-refractivity contribution in [1.82, 2.24) is 14.8 Å². The number of halogens is 1. The summed E-state index contributed by atoms with van der Waals surface area (Å²) in [6.07, 6.45) is 4.55. The molecule has 4 heterocycles. The molecule has 1 aromatic heterocycles. The number of aromatic nitrogens is 1. The van der Waals surface area contributed by atoms with Crippen LogP contribution in [0.1, 0.15) is 42.6 Å². The summed E-state index contributed by atoms with van der Waals surface area (Å²) >= 11 is 6.27. The van der Waals surface area contributed by atoms with Crippen LogP contribution in [0.2, 0.25) is 5.02 Å². The van der Waals surface area contributed by atoms with E-state index in [0.29, 0.717) is 16.8 Å². The van der Waals surface area contributed by atoms with Gasteiger partial charge in [0.1, 0.15) is 5.69 Å². The zero-order chi connectivity index (χ0) is 20.7. The van der Waals surface area contributed by atoms with Gasteiger partial charge in [0.25, 0.3) is 5.91 Å². The van der Waals surface area contributed by atoms with Crippen molar-refractivity contribution in [3.8, 4) is 0 Å². The predicted octanol–water partition coefficient (Wildman–Crippen LogP) is 3.29. The number of ether oxygens (including phenoxy) is 1. The molecule has 3 aliphatic rings. The SMILES string of the molecule is O=C(c1cc2c(Cl)cccc2[nH]1)N1CCC2(CC1)CC(O)CN(C1CCOCC1)C2. The lowest BCUT2D eigenvalue weighted by molar-refractivity contribution is -0.0695. The Bertz CT molecular complexity index is 916. The highest BCUT2D eigenvalue weighted by Crippen LogP contribution is 2.41. The average Bonchev–Trinajstić information content (AvgIpc) is 3.20. The van der Waals surface area contributed by atoms with Crippen molar-refractivity contribution < 1.29 is 14.6 Å². The molecule has 0 aliphatic carbocycles. The van der Waals surface area contributed by atoms with Gasteiger partial charge in [-0.25, -0.2) is 0 Å². The minimum Gasteiger partial charge on any atom is -0.392 e. The van der Waals surface area contributed by atoms with Crippen LogP contribution in [-0.4, -0.2) is 77.3 Å². The Balaban J connectivity index is 1.26. The van der Waals surface area contributed by atoms with E-state index in [9.17, 15) is 9.90 Å². The fourth-order valence-electron chi connectivity index (χ4n) is 5.67. The van der Waals surface area contributed by atoms with Gasteiger partial charge in [0, 0.05) is 61.4 Å². The highest BCUT2D eigenvalue weighted by Gasteiger charge is 2.44. The van der Waals surface area contributed by atoms with Gasteiger partial charge in [0.2, 0.25) is 0 Å². The van der Waals surface area contributed by atoms with Crippen LogP contribution >= 0.6 is 11.6 Å². The third kappa shape index (κ3) is 3.86. The number of hydrogen-bond acceptors (Lipinski definition) is 4. The van der Waals surface area contributed by atoms with Crippen molar-refractivity contribution in [2.75, 3.05) is 39.4 Å². The lowest BCUT2D eigenvalue weighted by atomic mass is 9.71. The number of carbonyl (C=O) groups excluding carboxylic acids is 1. The molecule has 7 heteroatoms. The summed E-state index contributed by atoms with van der Waals surface area (Å²) in [6.45, 7) is 4.90. The van der Waals surface area contributed by atoms with E-state index < -0.39 is 0 Å². The van der Waals surface area contributed by atoms with Gasteiger partial charge in [-0.15, -0.1) is 0 Å². The van der Waals surface area contributed by atoms with Gasteiger partial charge in [0.15, 0.2) is 0 Å². The first-order chi connectivity index (χ1) is 14.5. The van der Waals surface area contributed by atoms with Crippen molar-refractivity contribution in [3.63, 3.8) is 0 Å². The van der Waals surface area contributed by atoms with Crippen molar-refractivity contribution in [3.05, 3.63) is 35.0 Å². The van der Waals surface area contributed by atoms with Crippen LogP contribution in [0.5, 0.6) is 0 Å². The van der Waals surface area contributed by atoms with E-state index in [1.54, 1.807) is 0 Å². The van der Waals surface area contributed by atoms with E-state index in [4.69, 9.17) is 16.3 Å². The Labute approximate surface area is 182 Å². The number of H-pyrrole nitrogens is 1. The number of amides is 1. The van der Waals surface area contributed by atoms with Crippen LogP contribution in [0.25, 0.3) is 10.9 Å². The van der Waals surface area contributed by atoms with Crippen LogP contribution in [0.15, 0.2) is 24.3 Å². The average molecular weight is 432 g/mol. The number of rotatable bonds is 2. The van der Waals surface area contributed by atoms with E-state index in [0.717, 1.165) is 82.4 Å². The van der Waals surface area contributed by atoms with E-state index in [1.807, 2.05) is 29.2 Å². The Morgan fingerprint density at radius 2 is 2.00 bits per heavy atom. The number of carbonyl (C=O) groups is 1. The molecule has 3 saturated heterocycles. The summed E-state index contributed by atoms with van der Waals surface area (Å²) in [6, 6.07) is 8.05. The highest BCUT2D eigenvalue weighted by molar-refractivity contribution is 6.35. The van der Waals surface area contributed by atoms with Gasteiger partial charge >= 0.3 is 0 Å². The number of aliphatic hydroxyl groups is 1. The molecule has 0 radical (unpaired) electrons. The van der Waals surface area contributed by atoms with Crippen LogP contribution in [0, 0.1) is 5.41 Å². The molecule has 1 unspecified atom stereocenters. The third-order valence-corrected chi connectivity index (χ3v) is 7.64. The smallest absolute Gasteiger partial charge is 0.270 e. The second kappa shape index (κ2) is 8.15. The number of fused-ring (bicyclic) bond motifs is 1. The summed E-state index contributed by atoms with van der Waals surface area (Å²) < 4.78 is 5.52. The maximum Gasteiger partial charge on any atom is 0.270 e. The number of likely N-dealkylation sites (tertiary alicyclic amines) is 2. The Kier molecular flexibility index (Phi) is 5.52. The number of β-amino-alcohol motifs (C(OH)–C–C–N with tert-alkyl or cyclic N) is 1. The number of aromatic amines is 1. The van der Waals surface area contributed by atoms with Gasteiger partial charge in [-0.2, -0.15) is 0 Å². The molecule has 5 rings (SSSR count). The van der Waals surface area contributed by atoms with Crippen LogP contribution < -0.4 is 0 Å². The lowest BCUT2D eigenvalue weighted by Crippen LogP contribution is -2.57. The number of benzene rings is 1. The zero-order valence-corrected chi connectivity index (χ0v) is 18.0. The highest BCUT2D eigenvalue weighted by atomic mass is 35.5. The summed E-state index contributed by atoms with van der Waals surface area (Å²) in [4.78, 5) is 20.8. The first-order valence-corrected chi connectivity index (χ1v) is 11.5. The molecular formula is C23H30ClN3O3. The van der Waals surface area contributed by atoms with E-state index >= 15 is 0 Å². The molecule has 30 heavy (non-hydrogen) atoms. The van der Waals surface area contributed by atoms with Gasteiger partial charge in [-0.3, -0.25) is 9.69 Å². The largest absolute Gasteiger partial charge is 0.392 e. The number of piperidine rings is 2. The quantitative estimate of drug-likeness (QED) is 0.765. The van der Waals surface area contributed by atoms with E-state index in [-0.39, 0.29) is 17.4 Å². The fraction of sp³-hybridized carbons (Fsp3) is 0.609. The zero-order valence-electron chi connectivity index (χ0n) is 17.3. The van der Waals surface area contributed by atoms with Crippen LogP contribution in [-0.2, 0) is 4.74 Å². The predicted molar refractivity (Wildman–Crippen MR) is 117 cm³/mol. The molecule has 162 valence electrons. The van der Waals surface area contributed by atoms with Crippen LogP contribution in [0.4, 0.5) is 0 Å². The molecule has 2 N–H and O–H groups in total. The van der Waals surface area contributed by atoms with Gasteiger partial charge < -0.3 is 19.7 Å². The topological polar surface area (TPSA) is 68.8 Å². The number of nitrogens with zero attached hydrogens (tertiary/aromatic N) is 2. The number of aliphatic hydroxyl groups excluding tert-OH is 1. The molecule has 1 spiro atoms. The van der Waals surface area contributed by atoms with Gasteiger partial charge in [-0.1, -0.05) is 17.7 Å². The molecule has 1 amide bonds. The second-order valence-electron chi connectivity index (χ2n) is 9.31. The first-order valence-electron chi connectivity index (χ1n) is 11.1. The Morgan fingerprint density at radius 1 is 1.23 bits per heavy atom. The molecular weight excluding hydrogens is 402 g/mol. The summed E-state index contributed by atoms with van der Waals surface area (Å²) in [5.41, 5.74) is 1.60. The van der Waals surface area contributed by atoms with E-state index in [2.05, 4.69) is 9.88 Å². The van der Waals surface area contributed by atoms with Crippen molar-refractivity contribution in [1.29, 1.82) is 0 Å². The number of hydrogen-bond donors (Lipinski definition) is 2. The fourth-order valence-corrected chi connectivity index (χ4v) is 5.90. The molecule has 0 saturated carbocycles. The van der Waals surface area contributed by atoms with Crippen molar-refractivity contribution >= 4 is 28.4 Å². The summed E-state index contributed by atoms with van der Waals surface area (Å²) in [7, 11) is 0. The van der Waals surface area contributed by atoms with E-state index in [1.165, 1.54) is 0 Å². The Morgan fingerprint density at radius 3 is 2.73 bits per heavy atom. The Hall–Kier alpha value is -1.60. The molecule has 6 nitrogen and oxygen atoms in total. The maximum atomic E-state index is 13.1. The molecule has 1 atom stereocenters. The maximum absolute atomic E-state index is 13.1. The van der Waals surface area contributed by atoms with Crippen molar-refractivity contribution in [2.24, 2.45) is 5.41 Å². The lowest BCUT2D eigenvalue weighted by Gasteiger charge is -2.51. The number of nitrogens with one attached hydrogen (secondary N) is 1. The minimum atomic E-state index is -0.278. The standard InChI is InChI=1S/C23H30ClN3O3/c24-19-2-1-3-20-18(19)12-21(25-20)22(29)26-8-6-23(7-9-26)13-17(28)14-27(15-23)16-4-10-30-11-5-16/h1-3,12,16-17,25,28H,4-11,13-15H2. The summed E-state index contributed by atoms with van der Waals surface area (Å²) in [5.74, 6) is 0.0368. The summed E-state index contributed by atoms with van der Waals surface area (Å²) in [5, 5.41) is 12.2.